The SMILES string of the molecule is O=S(=O)([O-])Oc1ccc(O)c(F)c1.[K+]. The van der Waals surface area contributed by atoms with Gasteiger partial charge in [0, 0.05) is 6.07 Å². The Hall–Kier alpha value is 0.296. The molecule has 0 amide bonds. The summed E-state index contributed by atoms with van der Waals surface area (Å²) in [5.74, 6) is -2.21. The van der Waals surface area contributed by atoms with E-state index >= 15 is 0 Å². The second-order valence-corrected chi connectivity index (χ2v) is 3.09. The molecule has 0 atom stereocenters. The predicted octanol–water partition coefficient (Wildman–Crippen LogP) is -2.63. The Morgan fingerprint density at radius 2 is 2.00 bits per heavy atom. The first-order valence-corrected chi connectivity index (χ1v) is 4.35. The van der Waals surface area contributed by atoms with Crippen LogP contribution in [0.25, 0.3) is 0 Å². The van der Waals surface area contributed by atoms with Crippen LogP contribution in [0.15, 0.2) is 18.2 Å². The molecule has 5 nitrogen and oxygen atoms in total. The molecule has 0 saturated heterocycles. The zero-order valence-corrected chi connectivity index (χ0v) is 11.0. The Balaban J connectivity index is 0.00000169. The molecule has 0 aliphatic rings. The fourth-order valence-corrected chi connectivity index (χ4v) is 0.997. The van der Waals surface area contributed by atoms with E-state index in [-0.39, 0.29) is 51.4 Å². The van der Waals surface area contributed by atoms with Crippen molar-refractivity contribution in [3.63, 3.8) is 0 Å². The van der Waals surface area contributed by atoms with E-state index in [1.54, 1.807) is 0 Å². The molecule has 0 fully saturated rings. The summed E-state index contributed by atoms with van der Waals surface area (Å²) in [5.41, 5.74) is 0. The third-order valence-corrected chi connectivity index (χ3v) is 1.51. The van der Waals surface area contributed by atoms with E-state index in [0.29, 0.717) is 6.07 Å². The molecule has 72 valence electrons. The number of halogens is 1. The summed E-state index contributed by atoms with van der Waals surface area (Å²) in [4.78, 5) is 0. The molecule has 0 spiro atoms. The van der Waals surface area contributed by atoms with E-state index in [0.717, 1.165) is 12.1 Å². The number of hydrogen-bond acceptors (Lipinski definition) is 5. The van der Waals surface area contributed by atoms with Gasteiger partial charge in [0.2, 0.25) is 0 Å². The van der Waals surface area contributed by atoms with Crippen LogP contribution in [0.4, 0.5) is 4.39 Å². The number of phenolic OH excluding ortho intramolecular Hbond substituents is 1. The molecule has 0 unspecified atom stereocenters. The standard InChI is InChI=1S/C6H5FO5S.K/c7-5-3-4(1-2-6(5)8)12-13(9,10)11;/h1-3,8H,(H,9,10,11);/q;+1/p-1. The molecule has 14 heavy (non-hydrogen) atoms. The fraction of sp³-hybridized carbons (Fsp3) is 0. The van der Waals surface area contributed by atoms with Gasteiger partial charge in [-0.25, -0.2) is 12.8 Å². The summed E-state index contributed by atoms with van der Waals surface area (Å²) < 4.78 is 46.4. The molecular weight excluding hydrogens is 242 g/mol. The van der Waals surface area contributed by atoms with Gasteiger partial charge < -0.3 is 13.8 Å². The van der Waals surface area contributed by atoms with Crippen LogP contribution in [0.2, 0.25) is 0 Å². The molecule has 0 bridgehead atoms. The summed E-state index contributed by atoms with van der Waals surface area (Å²) >= 11 is 0. The van der Waals surface area contributed by atoms with Crippen LogP contribution < -0.4 is 55.6 Å². The van der Waals surface area contributed by atoms with E-state index in [1.807, 2.05) is 0 Å². The number of rotatable bonds is 2. The molecule has 0 heterocycles. The van der Waals surface area contributed by atoms with Gasteiger partial charge in [0.1, 0.15) is 5.75 Å². The Bertz CT molecular complexity index is 418. The van der Waals surface area contributed by atoms with Gasteiger partial charge in [-0.2, -0.15) is 0 Å². The minimum Gasteiger partial charge on any atom is -0.716 e. The number of aromatic hydroxyl groups is 1. The van der Waals surface area contributed by atoms with Crippen LogP contribution in [-0.2, 0) is 10.4 Å². The predicted molar refractivity (Wildman–Crippen MR) is 38.4 cm³/mol. The minimum absolute atomic E-state index is 0. The van der Waals surface area contributed by atoms with Gasteiger partial charge in [0.25, 0.3) is 10.4 Å². The van der Waals surface area contributed by atoms with Crippen LogP contribution in [0.1, 0.15) is 0 Å². The van der Waals surface area contributed by atoms with Crippen molar-refractivity contribution >= 4 is 10.4 Å². The van der Waals surface area contributed by atoms with E-state index in [1.165, 1.54) is 0 Å². The molecule has 0 aromatic heterocycles. The van der Waals surface area contributed by atoms with Crippen molar-refractivity contribution in [2.45, 2.75) is 0 Å². The molecule has 1 aromatic rings. The van der Waals surface area contributed by atoms with Crippen LogP contribution in [0, 0.1) is 5.82 Å². The second-order valence-electron chi connectivity index (χ2n) is 2.10. The van der Waals surface area contributed by atoms with Crippen LogP contribution in [-0.4, -0.2) is 18.1 Å². The third-order valence-electron chi connectivity index (χ3n) is 1.12. The second kappa shape index (κ2) is 5.40. The van der Waals surface area contributed by atoms with Gasteiger partial charge in [-0.15, -0.1) is 0 Å². The van der Waals surface area contributed by atoms with E-state index in [2.05, 4.69) is 4.18 Å². The zero-order valence-electron chi connectivity index (χ0n) is 7.10. The summed E-state index contributed by atoms with van der Waals surface area (Å²) in [6, 6.07) is 2.41. The molecule has 0 radical (unpaired) electrons. The van der Waals surface area contributed by atoms with Crippen molar-refractivity contribution in [1.29, 1.82) is 0 Å². The Labute approximate surface area is 122 Å². The van der Waals surface area contributed by atoms with Crippen LogP contribution in [0.3, 0.4) is 0 Å². The molecule has 0 saturated carbocycles. The van der Waals surface area contributed by atoms with Gasteiger partial charge >= 0.3 is 51.4 Å². The van der Waals surface area contributed by atoms with E-state index < -0.39 is 27.7 Å². The number of benzene rings is 1. The maximum atomic E-state index is 12.5. The van der Waals surface area contributed by atoms with Gasteiger partial charge in [-0.3, -0.25) is 0 Å². The van der Waals surface area contributed by atoms with Gasteiger partial charge in [-0.1, -0.05) is 0 Å². The Kier molecular flexibility index (Phi) is 5.51. The zero-order chi connectivity index (χ0) is 10.1. The summed E-state index contributed by atoms with van der Waals surface area (Å²) in [7, 11) is -4.91. The fourth-order valence-electron chi connectivity index (χ4n) is 0.657. The molecule has 1 rings (SSSR count). The van der Waals surface area contributed by atoms with Crippen molar-refractivity contribution in [3.05, 3.63) is 24.0 Å². The van der Waals surface area contributed by atoms with Gasteiger partial charge in [-0.05, 0) is 12.1 Å². The molecule has 0 aliphatic heterocycles. The molecule has 0 aliphatic carbocycles. The van der Waals surface area contributed by atoms with Crippen LogP contribution in [0.5, 0.6) is 11.5 Å². The summed E-state index contributed by atoms with van der Waals surface area (Å²) in [6.45, 7) is 0. The molecule has 1 aromatic carbocycles. The minimum atomic E-state index is -4.91. The van der Waals surface area contributed by atoms with Crippen molar-refractivity contribution in [3.8, 4) is 11.5 Å². The van der Waals surface area contributed by atoms with Crippen molar-refractivity contribution in [2.24, 2.45) is 0 Å². The summed E-state index contributed by atoms with van der Waals surface area (Å²) in [5, 5.41) is 8.68. The van der Waals surface area contributed by atoms with Crippen molar-refractivity contribution in [2.75, 3.05) is 0 Å². The molecular formula is C6H4FKO5S. The summed E-state index contributed by atoms with van der Waals surface area (Å²) in [6.07, 6.45) is 0. The smallest absolute Gasteiger partial charge is 0.716 e. The monoisotopic (exact) mass is 246 g/mol. The quantitative estimate of drug-likeness (QED) is 0.350. The number of phenols is 1. The normalized spacial score (nSPS) is 10.4. The largest absolute Gasteiger partial charge is 1.00 e. The first-order chi connectivity index (χ1) is 5.88. The molecule has 8 heteroatoms. The third kappa shape index (κ3) is 4.69. The first-order valence-electron chi connectivity index (χ1n) is 3.02. The average molecular weight is 246 g/mol. The number of hydrogen-bond donors (Lipinski definition) is 1. The van der Waals surface area contributed by atoms with Gasteiger partial charge in [0.15, 0.2) is 11.6 Å². The van der Waals surface area contributed by atoms with E-state index in [4.69, 9.17) is 5.11 Å². The average Bonchev–Trinajstić information content (AvgIpc) is 1.94. The van der Waals surface area contributed by atoms with Crippen molar-refractivity contribution in [1.82, 2.24) is 0 Å². The maximum absolute atomic E-state index is 12.5. The Morgan fingerprint density at radius 3 is 2.43 bits per heavy atom. The van der Waals surface area contributed by atoms with Gasteiger partial charge in [0.05, 0.1) is 0 Å². The van der Waals surface area contributed by atoms with Crippen LogP contribution >= 0.6 is 0 Å². The Morgan fingerprint density at radius 1 is 1.43 bits per heavy atom. The van der Waals surface area contributed by atoms with Crippen molar-refractivity contribution < 1.29 is 78.0 Å². The molecule has 1 N–H and O–H groups in total. The van der Waals surface area contributed by atoms with E-state index in [9.17, 15) is 17.4 Å². The first kappa shape index (κ1) is 14.3. The maximum Gasteiger partial charge on any atom is 1.00 e. The topological polar surface area (TPSA) is 86.7 Å².